The normalized spacial score (nSPS) is 17.7. The summed E-state index contributed by atoms with van der Waals surface area (Å²) in [7, 11) is 0. The Labute approximate surface area is 249 Å². The molecule has 0 heterocycles. The van der Waals surface area contributed by atoms with E-state index in [2.05, 4.69) is 57.2 Å². The van der Waals surface area contributed by atoms with Gasteiger partial charge >= 0.3 is 5.97 Å². The second kappa shape index (κ2) is 16.5. The summed E-state index contributed by atoms with van der Waals surface area (Å²) >= 11 is 0. The molecule has 0 spiro atoms. The van der Waals surface area contributed by atoms with E-state index in [9.17, 15) is 4.79 Å². The van der Waals surface area contributed by atoms with E-state index >= 15 is 0 Å². The van der Waals surface area contributed by atoms with Gasteiger partial charge in [0.1, 0.15) is 5.75 Å². The van der Waals surface area contributed by atoms with Crippen molar-refractivity contribution in [3.8, 4) is 16.9 Å². The first kappa shape index (κ1) is 31.1. The molecule has 41 heavy (non-hydrogen) atoms. The monoisotopic (exact) mass is 552 g/mol. The van der Waals surface area contributed by atoms with Gasteiger partial charge in [-0.2, -0.15) is 0 Å². The predicted molar refractivity (Wildman–Crippen MR) is 174 cm³/mol. The van der Waals surface area contributed by atoms with Crippen LogP contribution in [0.1, 0.15) is 119 Å². The molecule has 3 aromatic rings. The third-order valence-electron chi connectivity index (χ3n) is 9.42. The largest absolute Gasteiger partial charge is 0.423 e. The summed E-state index contributed by atoms with van der Waals surface area (Å²) in [6, 6.07) is 24.7. The van der Waals surface area contributed by atoms with Crippen molar-refractivity contribution in [2.75, 3.05) is 0 Å². The van der Waals surface area contributed by atoms with E-state index in [1.54, 1.807) is 0 Å². The molecule has 220 valence electrons. The lowest BCUT2D eigenvalue weighted by molar-refractivity contribution is 0.0734. The molecule has 2 heteroatoms. The minimum absolute atomic E-state index is 0.309. The summed E-state index contributed by atoms with van der Waals surface area (Å²) in [5.41, 5.74) is 5.59. The molecule has 1 aliphatic rings. The van der Waals surface area contributed by atoms with E-state index < -0.39 is 0 Å². The van der Waals surface area contributed by atoms with Crippen LogP contribution in [0.15, 0.2) is 72.8 Å². The van der Waals surface area contributed by atoms with Gasteiger partial charge in [0.15, 0.2) is 0 Å². The van der Waals surface area contributed by atoms with Crippen LogP contribution >= 0.6 is 0 Å². The van der Waals surface area contributed by atoms with Gasteiger partial charge in [0, 0.05) is 0 Å². The van der Waals surface area contributed by atoms with Crippen LogP contribution < -0.4 is 4.74 Å². The number of esters is 1. The lowest BCUT2D eigenvalue weighted by Crippen LogP contribution is -2.15. The Kier molecular flexibility index (Phi) is 12.5. The fraction of sp³-hybridized carbons (Fsp3) is 0.513. The van der Waals surface area contributed by atoms with Gasteiger partial charge in [-0.1, -0.05) is 134 Å². The SMILES string of the molecule is CCCCCC1CCC(CCc2ccc(OC(=O)c3ccc(-c4ccc(CCC[C@@H](C)CC)cc4)cc3)cc2)CC1. The highest BCUT2D eigenvalue weighted by molar-refractivity contribution is 5.91. The molecule has 0 saturated heterocycles. The van der Waals surface area contributed by atoms with Crippen molar-refractivity contribution in [1.29, 1.82) is 0 Å². The molecular formula is C39H52O2. The summed E-state index contributed by atoms with van der Waals surface area (Å²) in [4.78, 5) is 12.8. The third kappa shape index (κ3) is 10.2. The first-order valence-corrected chi connectivity index (χ1v) is 16.5. The molecule has 2 nitrogen and oxygen atoms in total. The number of rotatable bonds is 15. The average molecular weight is 553 g/mol. The number of aryl methyl sites for hydroxylation is 2. The maximum absolute atomic E-state index is 12.8. The summed E-state index contributed by atoms with van der Waals surface area (Å²) < 4.78 is 5.69. The van der Waals surface area contributed by atoms with E-state index in [1.807, 2.05) is 36.4 Å². The maximum atomic E-state index is 12.8. The van der Waals surface area contributed by atoms with Gasteiger partial charge in [0.2, 0.25) is 0 Å². The smallest absolute Gasteiger partial charge is 0.343 e. The van der Waals surface area contributed by atoms with Gasteiger partial charge in [0.25, 0.3) is 0 Å². The second-order valence-corrected chi connectivity index (χ2v) is 12.6. The quantitative estimate of drug-likeness (QED) is 0.106. The topological polar surface area (TPSA) is 26.3 Å². The zero-order valence-electron chi connectivity index (χ0n) is 25.9. The second-order valence-electron chi connectivity index (χ2n) is 12.6. The molecule has 0 aromatic heterocycles. The molecule has 4 rings (SSSR count). The van der Waals surface area contributed by atoms with Crippen molar-refractivity contribution in [2.24, 2.45) is 17.8 Å². The highest BCUT2D eigenvalue weighted by Crippen LogP contribution is 2.34. The van der Waals surface area contributed by atoms with Crippen molar-refractivity contribution < 1.29 is 9.53 Å². The number of hydrogen-bond donors (Lipinski definition) is 0. The number of carbonyl (C=O) groups excluding carboxylic acids is 1. The molecule has 1 atom stereocenters. The zero-order valence-corrected chi connectivity index (χ0v) is 25.9. The van der Waals surface area contributed by atoms with Crippen molar-refractivity contribution in [3.05, 3.63) is 89.5 Å². The fourth-order valence-corrected chi connectivity index (χ4v) is 6.27. The Morgan fingerprint density at radius 3 is 1.88 bits per heavy atom. The maximum Gasteiger partial charge on any atom is 0.343 e. The van der Waals surface area contributed by atoms with Crippen LogP contribution in [-0.2, 0) is 12.8 Å². The predicted octanol–water partition coefficient (Wildman–Crippen LogP) is 11.3. The van der Waals surface area contributed by atoms with Crippen LogP contribution in [0.5, 0.6) is 5.75 Å². The Bertz CT molecular complexity index is 1150. The molecule has 0 bridgehead atoms. The van der Waals surface area contributed by atoms with Gasteiger partial charge in [0.05, 0.1) is 5.56 Å². The van der Waals surface area contributed by atoms with Crippen LogP contribution in [0.3, 0.4) is 0 Å². The fourth-order valence-electron chi connectivity index (χ4n) is 6.27. The van der Waals surface area contributed by atoms with Crippen LogP contribution in [0.25, 0.3) is 11.1 Å². The Morgan fingerprint density at radius 1 is 0.707 bits per heavy atom. The minimum atomic E-state index is -0.309. The number of benzene rings is 3. The van der Waals surface area contributed by atoms with E-state index in [0.29, 0.717) is 11.3 Å². The average Bonchev–Trinajstić information content (AvgIpc) is 3.02. The summed E-state index contributed by atoms with van der Waals surface area (Å²) in [5.74, 6) is 2.96. The van der Waals surface area contributed by atoms with Gasteiger partial charge < -0.3 is 4.74 Å². The summed E-state index contributed by atoms with van der Waals surface area (Å²) in [6.07, 6.45) is 18.5. The van der Waals surface area contributed by atoms with E-state index in [0.717, 1.165) is 36.2 Å². The molecule has 0 N–H and O–H groups in total. The number of ether oxygens (including phenoxy) is 1. The van der Waals surface area contributed by atoms with E-state index in [1.165, 1.54) is 93.7 Å². The number of unbranched alkanes of at least 4 members (excludes halogenated alkanes) is 2. The first-order chi connectivity index (χ1) is 20.0. The highest BCUT2D eigenvalue weighted by Gasteiger charge is 2.20. The van der Waals surface area contributed by atoms with Crippen LogP contribution in [0.2, 0.25) is 0 Å². The van der Waals surface area contributed by atoms with Crippen LogP contribution in [0.4, 0.5) is 0 Å². The van der Waals surface area contributed by atoms with Gasteiger partial charge in [-0.25, -0.2) is 4.79 Å². The van der Waals surface area contributed by atoms with Crippen molar-refractivity contribution in [1.82, 2.24) is 0 Å². The molecule has 3 aromatic carbocycles. The molecule has 1 aliphatic carbocycles. The standard InChI is InChI=1S/C39H52O2/c1-4-6-7-10-31-12-14-33(15-13-31)16-17-34-20-28-38(29-21-34)41-39(40)37-26-24-36(25-27-37)35-22-18-32(19-23-35)11-8-9-30(3)5-2/h18-31,33H,4-17H2,1-3H3/t30-,31?,33?/m0/s1. The van der Waals surface area contributed by atoms with E-state index in [4.69, 9.17) is 4.74 Å². The van der Waals surface area contributed by atoms with Crippen molar-refractivity contribution >= 4 is 5.97 Å². The number of carbonyl (C=O) groups is 1. The van der Waals surface area contributed by atoms with Crippen LogP contribution in [-0.4, -0.2) is 5.97 Å². The molecule has 0 unspecified atom stereocenters. The van der Waals surface area contributed by atoms with Crippen LogP contribution in [0, 0.1) is 17.8 Å². The summed E-state index contributed by atoms with van der Waals surface area (Å²) in [6.45, 7) is 6.89. The molecule has 1 saturated carbocycles. The van der Waals surface area contributed by atoms with Gasteiger partial charge in [-0.15, -0.1) is 0 Å². The lowest BCUT2D eigenvalue weighted by Gasteiger charge is -2.28. The highest BCUT2D eigenvalue weighted by atomic mass is 16.5. The Morgan fingerprint density at radius 2 is 1.27 bits per heavy atom. The Hall–Kier alpha value is -2.87. The Balaban J connectivity index is 1.20. The van der Waals surface area contributed by atoms with Gasteiger partial charge in [-0.05, 0) is 90.0 Å². The molecule has 0 radical (unpaired) electrons. The molecular weight excluding hydrogens is 500 g/mol. The molecule has 1 fully saturated rings. The summed E-state index contributed by atoms with van der Waals surface area (Å²) in [5, 5.41) is 0. The number of hydrogen-bond acceptors (Lipinski definition) is 2. The zero-order chi connectivity index (χ0) is 28.9. The van der Waals surface area contributed by atoms with Gasteiger partial charge in [-0.3, -0.25) is 0 Å². The minimum Gasteiger partial charge on any atom is -0.423 e. The molecule has 0 aliphatic heterocycles. The van der Waals surface area contributed by atoms with E-state index in [-0.39, 0.29) is 5.97 Å². The van der Waals surface area contributed by atoms with Crippen molar-refractivity contribution in [2.45, 2.75) is 111 Å². The lowest BCUT2D eigenvalue weighted by atomic mass is 9.78. The molecule has 0 amide bonds. The van der Waals surface area contributed by atoms with Crippen molar-refractivity contribution in [3.63, 3.8) is 0 Å². The first-order valence-electron chi connectivity index (χ1n) is 16.5. The third-order valence-corrected chi connectivity index (χ3v) is 9.42.